The molecule has 2 aliphatic rings. The lowest BCUT2D eigenvalue weighted by Gasteiger charge is -2.36. The maximum Gasteiger partial charge on any atom is 0.240 e. The summed E-state index contributed by atoms with van der Waals surface area (Å²) in [5, 5.41) is 3.21. The zero-order valence-corrected chi connectivity index (χ0v) is 14.7. The summed E-state index contributed by atoms with van der Waals surface area (Å²) in [5.74, 6) is 2.76. The van der Waals surface area contributed by atoms with Crippen molar-refractivity contribution in [1.29, 1.82) is 0 Å². The number of amides is 2. The van der Waals surface area contributed by atoms with Crippen molar-refractivity contribution >= 4 is 23.6 Å². The zero-order valence-electron chi connectivity index (χ0n) is 13.9. The summed E-state index contributed by atoms with van der Waals surface area (Å²) in [4.78, 5) is 28.5. The topological polar surface area (TPSA) is 61.9 Å². The molecule has 3 rings (SSSR count). The van der Waals surface area contributed by atoms with Crippen molar-refractivity contribution in [2.24, 2.45) is 0 Å². The van der Waals surface area contributed by atoms with E-state index in [0.29, 0.717) is 32.6 Å². The molecule has 0 saturated carbocycles. The molecule has 2 aliphatic heterocycles. The summed E-state index contributed by atoms with van der Waals surface area (Å²) in [6.45, 7) is 2.47. The summed E-state index contributed by atoms with van der Waals surface area (Å²) < 4.78 is 5.13. The minimum atomic E-state index is -0.0587. The van der Waals surface area contributed by atoms with Gasteiger partial charge in [-0.2, -0.15) is 0 Å². The lowest BCUT2D eigenvalue weighted by atomic mass is 10.1. The minimum absolute atomic E-state index is 0.0587. The molecule has 2 amide bonds. The fraction of sp³-hybridized carbons (Fsp3) is 0.529. The highest BCUT2D eigenvalue weighted by Crippen LogP contribution is 2.15. The molecule has 1 N–H and O–H groups in total. The van der Waals surface area contributed by atoms with E-state index in [2.05, 4.69) is 5.32 Å². The second kappa shape index (κ2) is 7.90. The molecule has 1 atom stereocenters. The standard InChI is InChI=1S/C17H23N3O3S/c1-23-14-4-2-13(3-5-14)10-16(21)19-6-8-20(9-7-19)17(22)15-11-24-12-18-15/h2-5,15,18H,6-12H2,1H3. The summed E-state index contributed by atoms with van der Waals surface area (Å²) in [6, 6.07) is 7.51. The van der Waals surface area contributed by atoms with Crippen molar-refractivity contribution in [1.82, 2.24) is 15.1 Å². The molecule has 0 aromatic heterocycles. The van der Waals surface area contributed by atoms with Crippen LogP contribution in [0.25, 0.3) is 0 Å². The predicted molar refractivity (Wildman–Crippen MR) is 94.1 cm³/mol. The van der Waals surface area contributed by atoms with Crippen LogP contribution in [0.4, 0.5) is 0 Å². The second-order valence-corrected chi connectivity index (χ2v) is 7.03. The molecule has 2 fully saturated rings. The van der Waals surface area contributed by atoms with Crippen LogP contribution in [0, 0.1) is 0 Å². The molecule has 24 heavy (non-hydrogen) atoms. The third-order valence-corrected chi connectivity index (χ3v) is 5.41. The first kappa shape index (κ1) is 17.1. The van der Waals surface area contributed by atoms with Crippen LogP contribution < -0.4 is 10.1 Å². The average molecular weight is 349 g/mol. The predicted octanol–water partition coefficient (Wildman–Crippen LogP) is 0.571. The number of nitrogens with zero attached hydrogens (tertiary/aromatic N) is 2. The summed E-state index contributed by atoms with van der Waals surface area (Å²) in [5.41, 5.74) is 0.978. The van der Waals surface area contributed by atoms with Gasteiger partial charge in [-0.1, -0.05) is 12.1 Å². The quantitative estimate of drug-likeness (QED) is 0.861. The highest BCUT2D eigenvalue weighted by atomic mass is 32.2. The lowest BCUT2D eigenvalue weighted by molar-refractivity contribution is -0.140. The molecule has 0 radical (unpaired) electrons. The Hall–Kier alpha value is -1.73. The van der Waals surface area contributed by atoms with Crippen molar-refractivity contribution in [3.05, 3.63) is 29.8 Å². The van der Waals surface area contributed by atoms with E-state index in [0.717, 1.165) is 22.9 Å². The zero-order chi connectivity index (χ0) is 16.9. The Morgan fingerprint density at radius 3 is 2.42 bits per heavy atom. The van der Waals surface area contributed by atoms with Crippen LogP contribution in [0.5, 0.6) is 5.75 Å². The van der Waals surface area contributed by atoms with E-state index in [1.54, 1.807) is 18.9 Å². The SMILES string of the molecule is COc1ccc(CC(=O)N2CCN(C(=O)C3CSCN3)CC2)cc1. The molecule has 0 aliphatic carbocycles. The molecule has 2 saturated heterocycles. The number of hydrogen-bond donors (Lipinski definition) is 1. The van der Waals surface area contributed by atoms with Gasteiger partial charge in [0.1, 0.15) is 5.75 Å². The van der Waals surface area contributed by atoms with E-state index in [1.165, 1.54) is 0 Å². The molecule has 0 spiro atoms. The fourth-order valence-electron chi connectivity index (χ4n) is 2.98. The summed E-state index contributed by atoms with van der Waals surface area (Å²) in [6.07, 6.45) is 0.388. The van der Waals surface area contributed by atoms with Crippen molar-refractivity contribution in [3.8, 4) is 5.75 Å². The van der Waals surface area contributed by atoms with E-state index in [1.807, 2.05) is 34.1 Å². The van der Waals surface area contributed by atoms with Gasteiger partial charge in [0.25, 0.3) is 0 Å². The molecule has 1 aromatic carbocycles. The molecule has 2 heterocycles. The smallest absolute Gasteiger partial charge is 0.240 e. The van der Waals surface area contributed by atoms with Gasteiger partial charge in [0.05, 0.1) is 19.6 Å². The van der Waals surface area contributed by atoms with E-state index >= 15 is 0 Å². The molecule has 0 bridgehead atoms. The Morgan fingerprint density at radius 2 is 1.83 bits per heavy atom. The van der Waals surface area contributed by atoms with Gasteiger partial charge in [0.15, 0.2) is 0 Å². The molecular weight excluding hydrogens is 326 g/mol. The van der Waals surface area contributed by atoms with Crippen molar-refractivity contribution < 1.29 is 14.3 Å². The van der Waals surface area contributed by atoms with E-state index in [-0.39, 0.29) is 17.9 Å². The number of benzene rings is 1. The Kier molecular flexibility index (Phi) is 5.63. The minimum Gasteiger partial charge on any atom is -0.497 e. The maximum absolute atomic E-state index is 12.4. The maximum atomic E-state index is 12.4. The Balaban J connectivity index is 1.48. The molecule has 6 nitrogen and oxygen atoms in total. The Bertz CT molecular complexity index is 579. The largest absolute Gasteiger partial charge is 0.497 e. The molecule has 1 unspecified atom stereocenters. The third-order valence-electron chi connectivity index (χ3n) is 4.47. The molecule has 1 aromatic rings. The van der Waals surface area contributed by atoms with Crippen LogP contribution in [-0.2, 0) is 16.0 Å². The number of methoxy groups -OCH3 is 1. The van der Waals surface area contributed by atoms with Crippen LogP contribution in [0.2, 0.25) is 0 Å². The van der Waals surface area contributed by atoms with Gasteiger partial charge in [0, 0.05) is 37.8 Å². The van der Waals surface area contributed by atoms with Crippen LogP contribution in [0.3, 0.4) is 0 Å². The molecule has 130 valence electrons. The first-order chi connectivity index (χ1) is 11.7. The van der Waals surface area contributed by atoms with Gasteiger partial charge in [-0.3, -0.25) is 14.9 Å². The van der Waals surface area contributed by atoms with Crippen LogP contribution >= 0.6 is 11.8 Å². The summed E-state index contributed by atoms with van der Waals surface area (Å²) >= 11 is 1.75. The highest BCUT2D eigenvalue weighted by molar-refractivity contribution is 7.99. The Labute approximate surface area is 146 Å². The second-order valence-electron chi connectivity index (χ2n) is 6.00. The lowest BCUT2D eigenvalue weighted by Crippen LogP contribution is -2.54. The first-order valence-electron chi connectivity index (χ1n) is 8.18. The van der Waals surface area contributed by atoms with Gasteiger partial charge in [-0.15, -0.1) is 11.8 Å². The first-order valence-corrected chi connectivity index (χ1v) is 9.33. The highest BCUT2D eigenvalue weighted by Gasteiger charge is 2.30. The van der Waals surface area contributed by atoms with Gasteiger partial charge >= 0.3 is 0 Å². The van der Waals surface area contributed by atoms with E-state index in [4.69, 9.17) is 4.74 Å². The van der Waals surface area contributed by atoms with Crippen molar-refractivity contribution in [2.45, 2.75) is 12.5 Å². The van der Waals surface area contributed by atoms with Gasteiger partial charge in [0.2, 0.25) is 11.8 Å². The molecular formula is C17H23N3O3S. The number of rotatable bonds is 4. The normalized spacial score (nSPS) is 21.0. The number of piperazine rings is 1. The average Bonchev–Trinajstić information content (AvgIpc) is 3.16. The van der Waals surface area contributed by atoms with Crippen LogP contribution in [0.1, 0.15) is 5.56 Å². The number of carbonyl (C=O) groups excluding carboxylic acids is 2. The van der Waals surface area contributed by atoms with E-state index in [9.17, 15) is 9.59 Å². The number of thioether (sulfide) groups is 1. The number of carbonyl (C=O) groups is 2. The van der Waals surface area contributed by atoms with Gasteiger partial charge in [-0.05, 0) is 17.7 Å². The van der Waals surface area contributed by atoms with Crippen molar-refractivity contribution in [2.75, 3.05) is 44.9 Å². The Morgan fingerprint density at radius 1 is 1.17 bits per heavy atom. The van der Waals surface area contributed by atoms with Gasteiger partial charge < -0.3 is 14.5 Å². The van der Waals surface area contributed by atoms with Crippen molar-refractivity contribution in [3.63, 3.8) is 0 Å². The van der Waals surface area contributed by atoms with Crippen LogP contribution in [0.15, 0.2) is 24.3 Å². The number of hydrogen-bond acceptors (Lipinski definition) is 5. The number of ether oxygens (including phenoxy) is 1. The summed E-state index contributed by atoms with van der Waals surface area (Å²) in [7, 11) is 1.63. The van der Waals surface area contributed by atoms with E-state index < -0.39 is 0 Å². The fourth-order valence-corrected chi connectivity index (χ4v) is 3.91. The van der Waals surface area contributed by atoms with Crippen LogP contribution in [-0.4, -0.2) is 72.6 Å². The monoisotopic (exact) mass is 349 g/mol. The number of nitrogens with one attached hydrogen (secondary N) is 1. The molecule has 7 heteroatoms. The van der Waals surface area contributed by atoms with Gasteiger partial charge in [-0.25, -0.2) is 0 Å². The third kappa shape index (κ3) is 4.02.